The van der Waals surface area contributed by atoms with Crippen LogP contribution < -0.4 is 4.90 Å². The first-order valence-corrected chi connectivity index (χ1v) is 17.0. The molecule has 0 aliphatic rings. The van der Waals surface area contributed by atoms with Crippen molar-refractivity contribution in [1.29, 1.82) is 0 Å². The van der Waals surface area contributed by atoms with E-state index in [-0.39, 0.29) is 0 Å². The summed E-state index contributed by atoms with van der Waals surface area (Å²) >= 11 is 0. The molecule has 236 valence electrons. The van der Waals surface area contributed by atoms with Crippen LogP contribution in [0.15, 0.2) is 205 Å². The predicted molar refractivity (Wildman–Crippen MR) is 210 cm³/mol. The second-order valence-electron chi connectivity index (χ2n) is 12.5. The summed E-state index contributed by atoms with van der Waals surface area (Å²) in [4.78, 5) is 2.37. The molecule has 0 fully saturated rings. The molecule has 0 amide bonds. The molecule has 2 nitrogen and oxygen atoms in total. The fourth-order valence-electron chi connectivity index (χ4n) is 7.21. The number of hydrogen-bond acceptors (Lipinski definition) is 2. The van der Waals surface area contributed by atoms with E-state index in [0.717, 1.165) is 55.7 Å². The summed E-state index contributed by atoms with van der Waals surface area (Å²) in [5.74, 6) is 0. The van der Waals surface area contributed by atoms with Crippen LogP contribution in [0.2, 0.25) is 0 Å². The molecule has 0 atom stereocenters. The maximum absolute atomic E-state index is 6.68. The molecule has 50 heavy (non-hydrogen) atoms. The molecule has 0 N–H and O–H groups in total. The summed E-state index contributed by atoms with van der Waals surface area (Å²) < 4.78 is 6.68. The Morgan fingerprint density at radius 1 is 0.320 bits per heavy atom. The standard InChI is InChI=1S/C48H33NO/c1-3-17-34(18-4-1)36-21-15-22-37(33-36)49(46-31-16-29-44-43-28-12-14-32-47(43)50-48(44)46)45-30-13-11-27-42(45)41-26-10-9-25-40(41)39-24-8-7-23-38(39)35-19-5-2-6-20-35/h1-33H. The minimum absolute atomic E-state index is 0.858. The number of para-hydroxylation sites is 3. The minimum atomic E-state index is 0.858. The van der Waals surface area contributed by atoms with E-state index in [1.807, 2.05) is 12.1 Å². The summed E-state index contributed by atoms with van der Waals surface area (Å²) in [6.45, 7) is 0. The molecule has 0 aliphatic carbocycles. The zero-order chi connectivity index (χ0) is 33.3. The first kappa shape index (κ1) is 29.5. The highest BCUT2D eigenvalue weighted by Gasteiger charge is 2.23. The zero-order valence-electron chi connectivity index (χ0n) is 27.4. The fraction of sp³-hybridized carbons (Fsp3) is 0. The second kappa shape index (κ2) is 12.8. The van der Waals surface area contributed by atoms with Gasteiger partial charge >= 0.3 is 0 Å². The van der Waals surface area contributed by atoms with Crippen LogP contribution in [0, 0.1) is 0 Å². The predicted octanol–water partition coefficient (Wildman–Crippen LogP) is 13.7. The number of furan rings is 1. The summed E-state index contributed by atoms with van der Waals surface area (Å²) in [5.41, 5.74) is 14.2. The number of nitrogens with zero attached hydrogens (tertiary/aromatic N) is 1. The highest BCUT2D eigenvalue weighted by molar-refractivity contribution is 6.11. The molecule has 0 saturated carbocycles. The van der Waals surface area contributed by atoms with Crippen molar-refractivity contribution < 1.29 is 4.42 Å². The molecular weight excluding hydrogens is 607 g/mol. The molecule has 0 spiro atoms. The van der Waals surface area contributed by atoms with Gasteiger partial charge in [-0.2, -0.15) is 0 Å². The summed E-state index contributed by atoms with van der Waals surface area (Å²) in [7, 11) is 0. The van der Waals surface area contributed by atoms with E-state index in [4.69, 9.17) is 4.42 Å². The van der Waals surface area contributed by atoms with Gasteiger partial charge in [-0.3, -0.25) is 0 Å². The van der Waals surface area contributed by atoms with Crippen molar-refractivity contribution in [2.75, 3.05) is 4.90 Å². The Balaban J connectivity index is 1.30. The largest absolute Gasteiger partial charge is 0.454 e. The molecule has 2 heteroatoms. The third-order valence-electron chi connectivity index (χ3n) is 9.50. The van der Waals surface area contributed by atoms with E-state index < -0.39 is 0 Å². The van der Waals surface area contributed by atoms with Crippen molar-refractivity contribution in [2.45, 2.75) is 0 Å². The lowest BCUT2D eigenvalue weighted by Gasteiger charge is -2.29. The highest BCUT2D eigenvalue weighted by atomic mass is 16.3. The molecular formula is C48H33NO. The van der Waals surface area contributed by atoms with Gasteiger partial charge < -0.3 is 9.32 Å². The van der Waals surface area contributed by atoms with E-state index in [2.05, 4.69) is 193 Å². The lowest BCUT2D eigenvalue weighted by Crippen LogP contribution is -2.12. The molecule has 9 rings (SSSR count). The van der Waals surface area contributed by atoms with Crippen molar-refractivity contribution in [3.63, 3.8) is 0 Å². The first-order chi connectivity index (χ1) is 24.8. The van der Waals surface area contributed by atoms with Crippen molar-refractivity contribution in [1.82, 2.24) is 0 Å². The van der Waals surface area contributed by atoms with E-state index in [0.29, 0.717) is 0 Å². The Bertz CT molecular complexity index is 2600. The average Bonchev–Trinajstić information content (AvgIpc) is 3.59. The Labute approximate surface area is 292 Å². The number of fused-ring (bicyclic) bond motifs is 3. The normalized spacial score (nSPS) is 11.2. The van der Waals surface area contributed by atoms with Crippen LogP contribution in [0.25, 0.3) is 66.4 Å². The second-order valence-corrected chi connectivity index (χ2v) is 12.5. The minimum Gasteiger partial charge on any atom is -0.454 e. The van der Waals surface area contributed by atoms with Crippen LogP contribution in [0.5, 0.6) is 0 Å². The van der Waals surface area contributed by atoms with Crippen LogP contribution in [0.4, 0.5) is 17.1 Å². The maximum Gasteiger partial charge on any atom is 0.159 e. The van der Waals surface area contributed by atoms with Gasteiger partial charge in [-0.05, 0) is 69.3 Å². The van der Waals surface area contributed by atoms with Gasteiger partial charge in [-0.25, -0.2) is 0 Å². The van der Waals surface area contributed by atoms with Gasteiger partial charge in [-0.15, -0.1) is 0 Å². The highest BCUT2D eigenvalue weighted by Crippen LogP contribution is 2.48. The average molecular weight is 640 g/mol. The van der Waals surface area contributed by atoms with Gasteiger partial charge in [0.1, 0.15) is 5.58 Å². The van der Waals surface area contributed by atoms with Gasteiger partial charge in [0.2, 0.25) is 0 Å². The van der Waals surface area contributed by atoms with E-state index in [1.54, 1.807) is 0 Å². The van der Waals surface area contributed by atoms with Gasteiger partial charge in [0.15, 0.2) is 5.58 Å². The van der Waals surface area contributed by atoms with E-state index >= 15 is 0 Å². The van der Waals surface area contributed by atoms with Crippen LogP contribution in [0.1, 0.15) is 0 Å². The van der Waals surface area contributed by atoms with Crippen LogP contribution in [-0.4, -0.2) is 0 Å². The molecule has 0 bridgehead atoms. The Hall–Kier alpha value is -6.64. The first-order valence-electron chi connectivity index (χ1n) is 17.0. The summed E-state index contributed by atoms with van der Waals surface area (Å²) in [5, 5.41) is 2.20. The van der Waals surface area contributed by atoms with Gasteiger partial charge in [0, 0.05) is 22.0 Å². The molecule has 8 aromatic carbocycles. The number of hydrogen-bond donors (Lipinski definition) is 0. The van der Waals surface area contributed by atoms with Gasteiger partial charge in [-0.1, -0.05) is 170 Å². The quantitative estimate of drug-likeness (QED) is 0.173. The number of rotatable bonds is 7. The van der Waals surface area contributed by atoms with Crippen LogP contribution >= 0.6 is 0 Å². The van der Waals surface area contributed by atoms with Crippen molar-refractivity contribution in [3.05, 3.63) is 200 Å². The van der Waals surface area contributed by atoms with Crippen molar-refractivity contribution >= 4 is 39.0 Å². The molecule has 0 aliphatic heterocycles. The fourth-order valence-corrected chi connectivity index (χ4v) is 7.21. The maximum atomic E-state index is 6.68. The SMILES string of the molecule is c1ccc(-c2cccc(N(c3ccccc3-c3ccccc3-c3ccccc3-c3ccccc3)c3cccc4c3oc3ccccc34)c2)cc1. The topological polar surface area (TPSA) is 16.4 Å². The number of benzene rings is 8. The Kier molecular flexibility index (Phi) is 7.53. The third-order valence-corrected chi connectivity index (χ3v) is 9.50. The number of anilines is 3. The van der Waals surface area contributed by atoms with Crippen LogP contribution in [0.3, 0.4) is 0 Å². The summed E-state index contributed by atoms with van der Waals surface area (Å²) in [6.07, 6.45) is 0. The molecule has 0 saturated heterocycles. The van der Waals surface area contributed by atoms with Crippen molar-refractivity contribution in [3.8, 4) is 44.5 Å². The smallest absolute Gasteiger partial charge is 0.159 e. The molecule has 0 unspecified atom stereocenters. The Morgan fingerprint density at radius 3 is 1.58 bits per heavy atom. The molecule has 1 heterocycles. The van der Waals surface area contributed by atoms with Crippen LogP contribution in [-0.2, 0) is 0 Å². The Morgan fingerprint density at radius 2 is 0.820 bits per heavy atom. The zero-order valence-corrected chi connectivity index (χ0v) is 27.4. The molecule has 1 aromatic heterocycles. The van der Waals surface area contributed by atoms with E-state index in [9.17, 15) is 0 Å². The van der Waals surface area contributed by atoms with Gasteiger partial charge in [0.25, 0.3) is 0 Å². The van der Waals surface area contributed by atoms with Gasteiger partial charge in [0.05, 0.1) is 11.4 Å². The monoisotopic (exact) mass is 639 g/mol. The molecule has 9 aromatic rings. The van der Waals surface area contributed by atoms with E-state index in [1.165, 1.54) is 27.8 Å². The lowest BCUT2D eigenvalue weighted by molar-refractivity contribution is 0.669. The summed E-state index contributed by atoms with van der Waals surface area (Å²) in [6, 6.07) is 71.0. The molecule has 0 radical (unpaired) electrons. The lowest BCUT2D eigenvalue weighted by atomic mass is 9.88. The van der Waals surface area contributed by atoms with Crippen molar-refractivity contribution in [2.24, 2.45) is 0 Å². The third kappa shape index (κ3) is 5.24.